The molecule has 0 aromatic carbocycles. The molecule has 0 N–H and O–H groups in total. The second-order valence-electron chi connectivity index (χ2n) is 12.9. The quantitative estimate of drug-likeness (QED) is 0.285. The van der Waals surface area contributed by atoms with Crippen molar-refractivity contribution in [3.63, 3.8) is 0 Å². The second kappa shape index (κ2) is 36.7. The van der Waals surface area contributed by atoms with Gasteiger partial charge in [-0.3, -0.25) is 0 Å². The largest absolute Gasteiger partial charge is 0.0851 e. The van der Waals surface area contributed by atoms with Crippen LogP contribution in [0.25, 0.3) is 0 Å². The molecular weight excluding hydrogens is 504 g/mol. The Morgan fingerprint density at radius 3 is 0.929 bits per heavy atom. The van der Waals surface area contributed by atoms with E-state index < -0.39 is 0 Å². The van der Waals surface area contributed by atoms with Crippen LogP contribution in [0.1, 0.15) is 214 Å². The predicted molar refractivity (Wildman–Crippen MR) is 202 cm³/mol. The molecule has 4 rings (SSSR count). The van der Waals surface area contributed by atoms with Crippen LogP contribution in [0, 0.1) is 35.5 Å². The lowest BCUT2D eigenvalue weighted by atomic mass is 9.82. The van der Waals surface area contributed by atoms with Crippen LogP contribution in [0.4, 0.5) is 0 Å². The first-order chi connectivity index (χ1) is 20.2. The summed E-state index contributed by atoms with van der Waals surface area (Å²) < 4.78 is 0. The Balaban J connectivity index is -0.000000212. The van der Waals surface area contributed by atoms with Crippen LogP contribution >= 0.6 is 0 Å². The fourth-order valence-electron chi connectivity index (χ4n) is 6.03. The summed E-state index contributed by atoms with van der Waals surface area (Å²) in [5.74, 6) is 5.60. The summed E-state index contributed by atoms with van der Waals surface area (Å²) in [6.07, 6.45) is 27.9. The molecule has 256 valence electrons. The minimum atomic E-state index is 0.797. The summed E-state index contributed by atoms with van der Waals surface area (Å²) in [6.45, 7) is 34.5. The van der Waals surface area contributed by atoms with Gasteiger partial charge in [-0.25, -0.2) is 0 Å². The SMILES string of the molecule is CC.CC.CC.CC.CC(C)C1=CCCC1.CC(C)C1=CCCCC1.CC(C)C1CCCC1.CC(C)C1CCCCC1. The summed E-state index contributed by atoms with van der Waals surface area (Å²) >= 11 is 0. The van der Waals surface area contributed by atoms with Gasteiger partial charge in [0.1, 0.15) is 0 Å². The fourth-order valence-corrected chi connectivity index (χ4v) is 6.03. The van der Waals surface area contributed by atoms with E-state index in [2.05, 4.69) is 67.5 Å². The Hall–Kier alpha value is -0.520. The van der Waals surface area contributed by atoms with Crippen molar-refractivity contribution in [1.82, 2.24) is 0 Å². The molecule has 42 heavy (non-hydrogen) atoms. The highest BCUT2D eigenvalue weighted by Crippen LogP contribution is 2.31. The molecule has 0 spiro atoms. The van der Waals surface area contributed by atoms with Gasteiger partial charge in [0.15, 0.2) is 0 Å². The van der Waals surface area contributed by atoms with Crippen molar-refractivity contribution < 1.29 is 0 Å². The zero-order valence-electron chi connectivity index (χ0n) is 32.9. The van der Waals surface area contributed by atoms with Gasteiger partial charge in [-0.2, -0.15) is 0 Å². The Morgan fingerprint density at radius 1 is 0.405 bits per heavy atom. The second-order valence-corrected chi connectivity index (χ2v) is 12.9. The van der Waals surface area contributed by atoms with Crippen molar-refractivity contribution in [3.05, 3.63) is 23.3 Å². The van der Waals surface area contributed by atoms with Gasteiger partial charge >= 0.3 is 0 Å². The van der Waals surface area contributed by atoms with Gasteiger partial charge in [-0.15, -0.1) is 0 Å². The third-order valence-corrected chi connectivity index (χ3v) is 8.82. The van der Waals surface area contributed by atoms with E-state index in [1.807, 2.05) is 55.4 Å². The smallest absolute Gasteiger partial charge is 0.0260 e. The molecule has 0 aromatic rings. The molecule has 0 heterocycles. The number of hydrogen-bond acceptors (Lipinski definition) is 0. The lowest BCUT2D eigenvalue weighted by Gasteiger charge is -2.24. The highest BCUT2D eigenvalue weighted by molar-refractivity contribution is 5.09. The Morgan fingerprint density at radius 2 is 0.714 bits per heavy atom. The van der Waals surface area contributed by atoms with Gasteiger partial charge in [-0.1, -0.05) is 192 Å². The number of rotatable bonds is 4. The minimum Gasteiger partial charge on any atom is -0.0851 e. The van der Waals surface area contributed by atoms with E-state index in [4.69, 9.17) is 0 Å². The van der Waals surface area contributed by atoms with E-state index in [0.29, 0.717) is 0 Å². The van der Waals surface area contributed by atoms with Crippen molar-refractivity contribution in [2.75, 3.05) is 0 Å². The topological polar surface area (TPSA) is 0 Å². The molecule has 4 aliphatic rings. The molecule has 0 radical (unpaired) electrons. The van der Waals surface area contributed by atoms with Crippen LogP contribution in [0.2, 0.25) is 0 Å². The van der Waals surface area contributed by atoms with Crippen LogP contribution < -0.4 is 0 Å². The molecule has 2 saturated carbocycles. The molecule has 0 heteroatoms. The molecule has 2 fully saturated rings. The summed E-state index contributed by atoms with van der Waals surface area (Å²) in [6, 6.07) is 0. The van der Waals surface area contributed by atoms with Crippen molar-refractivity contribution in [3.8, 4) is 0 Å². The van der Waals surface area contributed by atoms with Crippen molar-refractivity contribution in [2.24, 2.45) is 35.5 Å². The number of allylic oxidation sites excluding steroid dienone is 4. The van der Waals surface area contributed by atoms with Gasteiger partial charge in [0, 0.05) is 0 Å². The molecule has 0 amide bonds. The van der Waals surface area contributed by atoms with Gasteiger partial charge < -0.3 is 0 Å². The summed E-state index contributed by atoms with van der Waals surface area (Å²) in [4.78, 5) is 0. The van der Waals surface area contributed by atoms with Crippen LogP contribution in [0.3, 0.4) is 0 Å². The monoisotopic (exact) mass is 593 g/mol. The Kier molecular flexibility index (Phi) is 42.2. The maximum Gasteiger partial charge on any atom is -0.0260 e. The highest BCUT2D eigenvalue weighted by Gasteiger charge is 2.17. The molecule has 0 bridgehead atoms. The van der Waals surface area contributed by atoms with E-state index >= 15 is 0 Å². The summed E-state index contributed by atoms with van der Waals surface area (Å²) in [5, 5.41) is 0. The molecule has 0 aliphatic heterocycles. The highest BCUT2D eigenvalue weighted by atomic mass is 14.2. The van der Waals surface area contributed by atoms with E-state index in [0.717, 1.165) is 35.5 Å². The van der Waals surface area contributed by atoms with Crippen molar-refractivity contribution >= 4 is 0 Å². The van der Waals surface area contributed by atoms with Crippen molar-refractivity contribution in [1.29, 1.82) is 0 Å². The Bertz CT molecular complexity index is 532. The lowest BCUT2D eigenvalue weighted by molar-refractivity contribution is 0.279. The average Bonchev–Trinajstić information content (AvgIpc) is 3.79. The third-order valence-electron chi connectivity index (χ3n) is 8.82. The van der Waals surface area contributed by atoms with Crippen LogP contribution in [-0.2, 0) is 0 Å². The molecule has 0 aromatic heterocycles. The maximum absolute atomic E-state index is 2.42. The van der Waals surface area contributed by atoms with E-state index in [-0.39, 0.29) is 0 Å². The van der Waals surface area contributed by atoms with Gasteiger partial charge in [0.2, 0.25) is 0 Å². The molecule has 0 saturated heterocycles. The zero-order valence-corrected chi connectivity index (χ0v) is 32.9. The molecule has 4 aliphatic carbocycles. The van der Waals surface area contributed by atoms with E-state index in [1.54, 1.807) is 11.1 Å². The summed E-state index contributed by atoms with van der Waals surface area (Å²) in [7, 11) is 0. The fraction of sp³-hybridized carbons (Fsp3) is 0.905. The molecule has 0 atom stereocenters. The maximum atomic E-state index is 2.42. The van der Waals surface area contributed by atoms with Crippen LogP contribution in [0.15, 0.2) is 23.3 Å². The molecular formula is C42H88. The van der Waals surface area contributed by atoms with Gasteiger partial charge in [0.25, 0.3) is 0 Å². The predicted octanol–water partition coefficient (Wildman–Crippen LogP) is 16.1. The van der Waals surface area contributed by atoms with Crippen molar-refractivity contribution in [2.45, 2.75) is 214 Å². The van der Waals surface area contributed by atoms with Gasteiger partial charge in [-0.05, 0) is 80.5 Å². The third kappa shape index (κ3) is 28.3. The minimum absolute atomic E-state index is 0.797. The first-order valence-corrected chi connectivity index (χ1v) is 19.6. The zero-order chi connectivity index (χ0) is 33.3. The first kappa shape index (κ1) is 48.4. The molecule has 0 unspecified atom stereocenters. The van der Waals surface area contributed by atoms with Crippen LogP contribution in [0.5, 0.6) is 0 Å². The van der Waals surface area contributed by atoms with Gasteiger partial charge in [0.05, 0.1) is 0 Å². The standard InChI is InChI=1S/C9H18.C9H16.C8H16.C8H14.4C2H6/c2*1-8(2)9-6-4-3-5-7-9;2*1-7(2)8-5-3-4-6-8;4*1-2/h8-9H,3-7H2,1-2H3;6,8H,3-5,7H2,1-2H3;7-8H,3-6H2,1-2H3;5,7H,3-4,6H2,1-2H3;4*1-2H3. The lowest BCUT2D eigenvalue weighted by Crippen LogP contribution is -2.12. The average molecular weight is 593 g/mol. The summed E-state index contributed by atoms with van der Waals surface area (Å²) in [5.41, 5.74) is 3.35. The first-order valence-electron chi connectivity index (χ1n) is 19.6. The number of hydrogen-bond donors (Lipinski definition) is 0. The van der Waals surface area contributed by atoms with E-state index in [9.17, 15) is 0 Å². The normalized spacial score (nSPS) is 17.9. The molecule has 0 nitrogen and oxygen atoms in total. The van der Waals surface area contributed by atoms with E-state index in [1.165, 1.54) is 103 Å². The Labute approximate surface area is 271 Å². The van der Waals surface area contributed by atoms with Crippen LogP contribution in [-0.4, -0.2) is 0 Å².